The molecule has 0 aromatic carbocycles. The van der Waals surface area contributed by atoms with Crippen LogP contribution in [-0.4, -0.2) is 21.8 Å². The Morgan fingerprint density at radius 1 is 1.50 bits per heavy atom. The molecular weight excluding hydrogens is 204 g/mol. The molecule has 0 aliphatic carbocycles. The van der Waals surface area contributed by atoms with Crippen molar-refractivity contribution in [2.75, 3.05) is 7.05 Å². The molecule has 0 saturated heterocycles. The Hall–Kier alpha value is -1.88. The van der Waals surface area contributed by atoms with Gasteiger partial charge in [0, 0.05) is 25.4 Å². The second-order valence-corrected chi connectivity index (χ2v) is 3.45. The van der Waals surface area contributed by atoms with Crippen molar-refractivity contribution in [3.63, 3.8) is 0 Å². The van der Waals surface area contributed by atoms with Crippen LogP contribution >= 0.6 is 0 Å². The smallest absolute Gasteiger partial charge is 0.223 e. The fourth-order valence-corrected chi connectivity index (χ4v) is 1.40. The standard InChI is InChI=1S/C11H14N4O/c1-12-6-9-4-3-5-13-11(9)16-10-7-14-15(2)8-10/h3-5,7-8,12H,6H2,1-2H3. The molecule has 0 aliphatic heterocycles. The van der Waals surface area contributed by atoms with Gasteiger partial charge in [0.15, 0.2) is 5.75 Å². The molecule has 2 aromatic heterocycles. The lowest BCUT2D eigenvalue weighted by Crippen LogP contribution is -2.06. The van der Waals surface area contributed by atoms with Gasteiger partial charge in [-0.2, -0.15) is 5.10 Å². The molecule has 5 nitrogen and oxygen atoms in total. The molecule has 0 atom stereocenters. The number of rotatable bonds is 4. The Morgan fingerprint density at radius 3 is 3.06 bits per heavy atom. The first kappa shape index (κ1) is 10.6. The van der Waals surface area contributed by atoms with Gasteiger partial charge in [-0.1, -0.05) is 6.07 Å². The number of aromatic nitrogens is 3. The minimum atomic E-state index is 0.616. The van der Waals surface area contributed by atoms with Crippen LogP contribution in [0.3, 0.4) is 0 Å². The van der Waals surface area contributed by atoms with E-state index in [1.165, 1.54) is 0 Å². The number of nitrogens with one attached hydrogen (secondary N) is 1. The van der Waals surface area contributed by atoms with Crippen molar-refractivity contribution in [3.8, 4) is 11.6 Å². The predicted molar refractivity (Wildman–Crippen MR) is 60.3 cm³/mol. The van der Waals surface area contributed by atoms with Crippen molar-refractivity contribution in [1.29, 1.82) is 0 Å². The summed E-state index contributed by atoms with van der Waals surface area (Å²) in [6.07, 6.45) is 5.18. The monoisotopic (exact) mass is 218 g/mol. The second-order valence-electron chi connectivity index (χ2n) is 3.45. The van der Waals surface area contributed by atoms with Crippen LogP contribution in [0.5, 0.6) is 11.6 Å². The third-order valence-corrected chi connectivity index (χ3v) is 2.11. The Labute approximate surface area is 94.1 Å². The van der Waals surface area contributed by atoms with Crippen LogP contribution in [0, 0.1) is 0 Å². The summed E-state index contributed by atoms with van der Waals surface area (Å²) in [5.74, 6) is 1.31. The average Bonchev–Trinajstić information content (AvgIpc) is 2.67. The first-order valence-electron chi connectivity index (χ1n) is 5.04. The molecule has 2 heterocycles. The van der Waals surface area contributed by atoms with Crippen molar-refractivity contribution < 1.29 is 4.74 Å². The lowest BCUT2D eigenvalue weighted by Gasteiger charge is -2.07. The van der Waals surface area contributed by atoms with Gasteiger partial charge < -0.3 is 10.1 Å². The molecule has 16 heavy (non-hydrogen) atoms. The van der Waals surface area contributed by atoms with Gasteiger partial charge in [0.2, 0.25) is 5.88 Å². The topological polar surface area (TPSA) is 52.0 Å². The van der Waals surface area contributed by atoms with E-state index in [-0.39, 0.29) is 0 Å². The van der Waals surface area contributed by atoms with E-state index in [9.17, 15) is 0 Å². The number of hydrogen-bond donors (Lipinski definition) is 1. The van der Waals surface area contributed by atoms with E-state index >= 15 is 0 Å². The maximum Gasteiger partial charge on any atom is 0.223 e. The second kappa shape index (κ2) is 4.76. The average molecular weight is 218 g/mol. The van der Waals surface area contributed by atoms with E-state index < -0.39 is 0 Å². The fraction of sp³-hybridized carbons (Fsp3) is 0.273. The van der Waals surface area contributed by atoms with Crippen molar-refractivity contribution in [2.24, 2.45) is 7.05 Å². The van der Waals surface area contributed by atoms with Gasteiger partial charge >= 0.3 is 0 Å². The molecular formula is C11H14N4O. The quantitative estimate of drug-likeness (QED) is 0.841. The summed E-state index contributed by atoms with van der Waals surface area (Å²) in [6, 6.07) is 3.87. The van der Waals surface area contributed by atoms with Gasteiger partial charge in [0.1, 0.15) is 0 Å². The summed E-state index contributed by atoms with van der Waals surface area (Å²) >= 11 is 0. The van der Waals surface area contributed by atoms with Crippen LogP contribution < -0.4 is 10.1 Å². The van der Waals surface area contributed by atoms with Gasteiger partial charge in [0.05, 0.1) is 12.4 Å². The molecule has 0 radical (unpaired) electrons. The molecule has 0 unspecified atom stereocenters. The van der Waals surface area contributed by atoms with Crippen molar-refractivity contribution >= 4 is 0 Å². The molecule has 0 spiro atoms. The summed E-state index contributed by atoms with van der Waals surface area (Å²) in [5, 5.41) is 7.11. The van der Waals surface area contributed by atoms with E-state index in [1.807, 2.05) is 26.2 Å². The molecule has 0 bridgehead atoms. The Bertz CT molecular complexity index is 467. The lowest BCUT2D eigenvalue weighted by molar-refractivity contribution is 0.454. The first-order valence-corrected chi connectivity index (χ1v) is 5.04. The van der Waals surface area contributed by atoms with E-state index in [4.69, 9.17) is 4.74 Å². The zero-order valence-corrected chi connectivity index (χ0v) is 9.34. The third kappa shape index (κ3) is 2.38. The van der Waals surface area contributed by atoms with Gasteiger partial charge in [-0.15, -0.1) is 0 Å². The molecule has 1 N–H and O–H groups in total. The highest BCUT2D eigenvalue weighted by Crippen LogP contribution is 2.21. The minimum Gasteiger partial charge on any atom is -0.435 e. The molecule has 0 amide bonds. The van der Waals surface area contributed by atoms with Crippen LogP contribution in [0.1, 0.15) is 5.56 Å². The Morgan fingerprint density at radius 2 is 2.38 bits per heavy atom. The van der Waals surface area contributed by atoms with Crippen LogP contribution in [0.25, 0.3) is 0 Å². The molecule has 2 aromatic rings. The number of ether oxygens (including phenoxy) is 1. The number of pyridine rings is 1. The van der Waals surface area contributed by atoms with Crippen LogP contribution in [0.15, 0.2) is 30.7 Å². The summed E-state index contributed by atoms with van der Waals surface area (Å²) in [7, 11) is 3.74. The van der Waals surface area contributed by atoms with E-state index in [0.29, 0.717) is 11.6 Å². The number of aryl methyl sites for hydroxylation is 1. The highest BCUT2D eigenvalue weighted by Gasteiger charge is 2.06. The zero-order chi connectivity index (χ0) is 11.4. The summed E-state index contributed by atoms with van der Waals surface area (Å²) in [5.41, 5.74) is 1.02. The van der Waals surface area contributed by atoms with Crippen molar-refractivity contribution in [3.05, 3.63) is 36.3 Å². The van der Waals surface area contributed by atoms with Gasteiger partial charge in [0.25, 0.3) is 0 Å². The number of hydrogen-bond acceptors (Lipinski definition) is 4. The highest BCUT2D eigenvalue weighted by molar-refractivity contribution is 5.29. The molecule has 2 rings (SSSR count). The maximum atomic E-state index is 5.65. The summed E-state index contributed by atoms with van der Waals surface area (Å²) in [6.45, 7) is 0.726. The molecule has 0 saturated carbocycles. The van der Waals surface area contributed by atoms with Crippen LogP contribution in [0.4, 0.5) is 0 Å². The van der Waals surface area contributed by atoms with E-state index in [0.717, 1.165) is 12.1 Å². The largest absolute Gasteiger partial charge is 0.435 e. The molecule has 5 heteroatoms. The predicted octanol–water partition coefficient (Wildman–Crippen LogP) is 1.33. The maximum absolute atomic E-state index is 5.65. The summed E-state index contributed by atoms with van der Waals surface area (Å²) in [4.78, 5) is 4.20. The van der Waals surface area contributed by atoms with Crippen LogP contribution in [0.2, 0.25) is 0 Å². The van der Waals surface area contributed by atoms with Gasteiger partial charge in [-0.05, 0) is 13.1 Å². The highest BCUT2D eigenvalue weighted by atomic mass is 16.5. The van der Waals surface area contributed by atoms with Crippen molar-refractivity contribution in [2.45, 2.75) is 6.54 Å². The Balaban J connectivity index is 2.20. The van der Waals surface area contributed by atoms with E-state index in [2.05, 4.69) is 15.4 Å². The lowest BCUT2D eigenvalue weighted by atomic mass is 10.3. The first-order chi connectivity index (χ1) is 7.79. The molecule has 0 aliphatic rings. The summed E-state index contributed by atoms with van der Waals surface area (Å²) < 4.78 is 7.34. The number of nitrogens with zero attached hydrogens (tertiary/aromatic N) is 3. The van der Waals surface area contributed by atoms with Gasteiger partial charge in [-0.25, -0.2) is 4.98 Å². The zero-order valence-electron chi connectivity index (χ0n) is 9.34. The third-order valence-electron chi connectivity index (χ3n) is 2.11. The SMILES string of the molecule is CNCc1cccnc1Oc1cnn(C)c1. The van der Waals surface area contributed by atoms with Crippen LogP contribution in [-0.2, 0) is 13.6 Å². The Kier molecular flexibility index (Phi) is 3.16. The normalized spacial score (nSPS) is 10.4. The fourth-order valence-electron chi connectivity index (χ4n) is 1.40. The molecule has 84 valence electrons. The molecule has 0 fully saturated rings. The van der Waals surface area contributed by atoms with Gasteiger partial charge in [-0.3, -0.25) is 4.68 Å². The van der Waals surface area contributed by atoms with E-state index in [1.54, 1.807) is 23.3 Å². The minimum absolute atomic E-state index is 0.616. The van der Waals surface area contributed by atoms with Crippen molar-refractivity contribution in [1.82, 2.24) is 20.1 Å².